The van der Waals surface area contributed by atoms with E-state index in [-0.39, 0.29) is 25.9 Å². The van der Waals surface area contributed by atoms with Crippen molar-refractivity contribution in [3.05, 3.63) is 170 Å². The molecule has 0 aliphatic heterocycles. The van der Waals surface area contributed by atoms with Crippen molar-refractivity contribution < 1.29 is 28.9 Å². The largest absolute Gasteiger partial charge is 0.500 e. The molecule has 9 aromatic rings. The molecule has 0 saturated carbocycles. The number of rotatable bonds is 4. The van der Waals surface area contributed by atoms with Gasteiger partial charge in [0.05, 0.1) is 22.6 Å². The number of pyridine rings is 2. The Hall–Kier alpha value is -5.75. The maximum atomic E-state index is 13.9. The van der Waals surface area contributed by atoms with Crippen LogP contribution in [0.1, 0.15) is 0 Å². The van der Waals surface area contributed by atoms with Crippen LogP contribution in [0, 0.1) is 17.9 Å². The van der Waals surface area contributed by atoms with Crippen molar-refractivity contribution >= 4 is 33.1 Å². The van der Waals surface area contributed by atoms with Gasteiger partial charge in [-0.1, -0.05) is 71.6 Å². The minimum atomic E-state index is -0.337. The van der Waals surface area contributed by atoms with Crippen molar-refractivity contribution in [2.75, 3.05) is 0 Å². The molecule has 0 atom stereocenters. The Morgan fingerprint density at radius 2 is 1.44 bits per heavy atom. The summed E-state index contributed by atoms with van der Waals surface area (Å²) in [6, 6.07) is 52.6. The van der Waals surface area contributed by atoms with Crippen LogP contribution in [0.3, 0.4) is 0 Å². The number of benzene rings is 5. The summed E-state index contributed by atoms with van der Waals surface area (Å²) >= 11 is 0. The van der Waals surface area contributed by atoms with E-state index < -0.39 is 0 Å². The summed E-state index contributed by atoms with van der Waals surface area (Å²) in [7, 11) is 0. The van der Waals surface area contributed by atoms with Crippen LogP contribution >= 0.6 is 0 Å². The van der Waals surface area contributed by atoms with Crippen LogP contribution < -0.4 is 0 Å². The topological polar surface area (TPSA) is 56.7 Å². The van der Waals surface area contributed by atoms with E-state index in [1.54, 1.807) is 12.3 Å². The van der Waals surface area contributed by atoms with E-state index in [0.29, 0.717) is 22.6 Å². The molecule has 48 heavy (non-hydrogen) atoms. The molecule has 0 aliphatic carbocycles. The van der Waals surface area contributed by atoms with Crippen molar-refractivity contribution in [2.24, 2.45) is 0 Å². The molecule has 0 spiro atoms. The van der Waals surface area contributed by atoms with Crippen LogP contribution in [-0.2, 0) is 20.1 Å². The second-order valence-corrected chi connectivity index (χ2v) is 10.8. The van der Waals surface area contributed by atoms with Gasteiger partial charge in [0.1, 0.15) is 11.4 Å². The predicted molar refractivity (Wildman–Crippen MR) is 184 cm³/mol. The number of imidazole rings is 1. The predicted octanol–water partition coefficient (Wildman–Crippen LogP) is 10.1. The fourth-order valence-corrected chi connectivity index (χ4v) is 5.67. The molecule has 4 aromatic heterocycles. The van der Waals surface area contributed by atoms with Crippen molar-refractivity contribution in [2.45, 2.75) is 0 Å². The zero-order chi connectivity index (χ0) is 31.6. The van der Waals surface area contributed by atoms with Crippen LogP contribution in [0.4, 0.5) is 4.39 Å². The Morgan fingerprint density at radius 1 is 0.646 bits per heavy atom. The maximum Gasteiger partial charge on any atom is 0.156 e. The molecule has 0 N–H and O–H groups in total. The van der Waals surface area contributed by atoms with Crippen molar-refractivity contribution in [3.8, 4) is 39.6 Å². The van der Waals surface area contributed by atoms with Gasteiger partial charge < -0.3 is 14.0 Å². The van der Waals surface area contributed by atoms with Gasteiger partial charge in [0.15, 0.2) is 5.65 Å². The van der Waals surface area contributed by atoms with Gasteiger partial charge in [-0.2, -0.15) is 0 Å². The fourth-order valence-electron chi connectivity index (χ4n) is 5.67. The summed E-state index contributed by atoms with van der Waals surface area (Å²) in [6.07, 6.45) is 1.79. The first-order valence-corrected chi connectivity index (χ1v) is 15.1. The Morgan fingerprint density at radius 3 is 2.21 bits per heavy atom. The average Bonchev–Trinajstić information content (AvgIpc) is 3.71. The molecule has 4 heterocycles. The van der Waals surface area contributed by atoms with E-state index >= 15 is 0 Å². The number of furan rings is 1. The molecule has 5 nitrogen and oxygen atoms in total. The Labute approximate surface area is 289 Å². The summed E-state index contributed by atoms with van der Waals surface area (Å²) < 4.78 is 22.1. The molecule has 0 aliphatic rings. The van der Waals surface area contributed by atoms with Gasteiger partial charge in [0.2, 0.25) is 0 Å². The second-order valence-electron chi connectivity index (χ2n) is 10.8. The number of halogens is 1. The number of hydrogen-bond acceptors (Lipinski definition) is 4. The van der Waals surface area contributed by atoms with E-state index in [4.69, 9.17) is 14.4 Å². The third kappa shape index (κ3) is 5.93. The number of nitrogens with zero attached hydrogens (tertiary/aromatic N) is 4. The van der Waals surface area contributed by atoms with Crippen LogP contribution in [0.5, 0.6) is 0 Å². The number of para-hydroxylation sites is 1. The Kier molecular flexibility index (Phi) is 8.71. The normalized spacial score (nSPS) is 10.9. The number of hydrogen-bond donors (Lipinski definition) is 0. The maximum absolute atomic E-state index is 13.9. The SMILES string of the molecule is Fc1ccc2c(c1)oc1c(-c3nc4ccc(-c5ccccc5)nc4n3-c3ccccc3)[c-]ccc12.[Ir].[c-]1ccccc1-c1ccccn1. The van der Waals surface area contributed by atoms with Crippen molar-refractivity contribution in [1.82, 2.24) is 19.5 Å². The van der Waals surface area contributed by atoms with Crippen LogP contribution in [0.25, 0.3) is 72.7 Å². The molecule has 0 saturated heterocycles. The van der Waals surface area contributed by atoms with Crippen LogP contribution in [-0.4, -0.2) is 19.5 Å². The minimum Gasteiger partial charge on any atom is -0.500 e. The zero-order valence-corrected chi connectivity index (χ0v) is 27.7. The Bertz CT molecular complexity index is 2430. The van der Waals surface area contributed by atoms with E-state index in [9.17, 15) is 4.39 Å². The average molecular weight is 801 g/mol. The molecule has 0 bridgehead atoms. The van der Waals surface area contributed by atoms with E-state index in [0.717, 1.165) is 50.1 Å². The first-order valence-electron chi connectivity index (χ1n) is 15.1. The molecule has 0 unspecified atom stereocenters. The molecular formula is C41H25FIrN4O-2. The van der Waals surface area contributed by atoms with Gasteiger partial charge in [-0.05, 0) is 48.2 Å². The van der Waals surface area contributed by atoms with Gasteiger partial charge in [0, 0.05) is 49.0 Å². The smallest absolute Gasteiger partial charge is 0.156 e. The van der Waals surface area contributed by atoms with E-state index in [2.05, 4.69) is 17.1 Å². The van der Waals surface area contributed by atoms with Crippen LogP contribution in [0.15, 0.2) is 156 Å². The second kappa shape index (κ2) is 13.5. The molecule has 233 valence electrons. The van der Waals surface area contributed by atoms with Gasteiger partial charge >= 0.3 is 0 Å². The first-order chi connectivity index (χ1) is 23.2. The summed E-state index contributed by atoms with van der Waals surface area (Å²) in [5.41, 5.74) is 8.13. The summed E-state index contributed by atoms with van der Waals surface area (Å²) in [5, 5.41) is 1.74. The van der Waals surface area contributed by atoms with Crippen molar-refractivity contribution in [1.29, 1.82) is 0 Å². The Balaban J connectivity index is 0.000000237. The van der Waals surface area contributed by atoms with Crippen molar-refractivity contribution in [3.63, 3.8) is 0 Å². The fraction of sp³-hybridized carbons (Fsp3) is 0. The molecular weight excluding hydrogens is 776 g/mol. The molecule has 5 aromatic carbocycles. The van der Waals surface area contributed by atoms with Crippen LogP contribution in [0.2, 0.25) is 0 Å². The summed E-state index contributed by atoms with van der Waals surface area (Å²) in [4.78, 5) is 14.2. The minimum absolute atomic E-state index is 0. The monoisotopic (exact) mass is 801 g/mol. The summed E-state index contributed by atoms with van der Waals surface area (Å²) in [5.74, 6) is 0.324. The van der Waals surface area contributed by atoms with Gasteiger partial charge in [0.25, 0.3) is 0 Å². The standard InChI is InChI=1S/C30H17FN3O.C11H8N.Ir/c31-20-14-15-22-23-12-7-13-24(28(23)35-27(22)18-20)29-33-26-17-16-25(19-8-3-1-4-9-19)32-30(26)34(29)21-10-5-2-6-11-21;1-2-6-10(7-3-1)11-8-4-5-9-12-11;/h1-12,14-18H;1-6,8-9H;/q2*-1;. The number of fused-ring (bicyclic) bond motifs is 4. The van der Waals surface area contributed by atoms with E-state index in [1.807, 2.05) is 132 Å². The summed E-state index contributed by atoms with van der Waals surface area (Å²) in [6.45, 7) is 0. The molecule has 0 fully saturated rings. The third-order valence-corrected chi connectivity index (χ3v) is 7.86. The van der Waals surface area contributed by atoms with Gasteiger partial charge in [-0.25, -0.2) is 9.37 Å². The molecule has 9 rings (SSSR count). The van der Waals surface area contributed by atoms with E-state index in [1.165, 1.54) is 12.1 Å². The number of aromatic nitrogens is 4. The zero-order valence-electron chi connectivity index (χ0n) is 25.3. The quantitative estimate of drug-likeness (QED) is 0.166. The first kappa shape index (κ1) is 30.9. The molecule has 1 radical (unpaired) electrons. The molecule has 0 amide bonds. The van der Waals surface area contributed by atoms with Gasteiger partial charge in [-0.3, -0.25) is 4.98 Å². The molecule has 7 heteroatoms. The third-order valence-electron chi connectivity index (χ3n) is 7.86. The van der Waals surface area contributed by atoms with Gasteiger partial charge in [-0.15, -0.1) is 54.1 Å².